The average molecular weight is 557 g/mol. The van der Waals surface area contributed by atoms with E-state index in [2.05, 4.69) is 20.9 Å². The second-order valence-electron chi connectivity index (χ2n) is 10.4. The highest BCUT2D eigenvalue weighted by Gasteiger charge is 2.35. The maximum absolute atomic E-state index is 13.4. The lowest BCUT2D eigenvalue weighted by atomic mass is 9.95. The van der Waals surface area contributed by atoms with E-state index in [1.807, 2.05) is 35.8 Å². The molecule has 0 aliphatic carbocycles. The van der Waals surface area contributed by atoms with E-state index in [-0.39, 0.29) is 29.1 Å². The molecule has 4 amide bonds. The van der Waals surface area contributed by atoms with Crippen molar-refractivity contribution < 1.29 is 23.9 Å². The third-order valence-electron chi connectivity index (χ3n) is 6.98. The Morgan fingerprint density at radius 3 is 2.15 bits per heavy atom. The lowest BCUT2D eigenvalue weighted by molar-refractivity contribution is -0.123. The Kier molecular flexibility index (Phi) is 7.48. The first kappa shape index (κ1) is 27.8. The Morgan fingerprint density at radius 1 is 0.927 bits per heavy atom. The number of nitrogens with one attached hydrogen (secondary N) is 4. The van der Waals surface area contributed by atoms with Crippen LogP contribution >= 0.6 is 0 Å². The van der Waals surface area contributed by atoms with Crippen molar-refractivity contribution in [2.75, 3.05) is 38.4 Å². The first-order valence-corrected chi connectivity index (χ1v) is 13.1. The fourth-order valence-corrected chi connectivity index (χ4v) is 5.34. The van der Waals surface area contributed by atoms with Gasteiger partial charge in [0.25, 0.3) is 11.8 Å². The van der Waals surface area contributed by atoms with Crippen molar-refractivity contribution in [2.24, 2.45) is 0 Å². The summed E-state index contributed by atoms with van der Waals surface area (Å²) in [4.78, 5) is 55.4. The van der Waals surface area contributed by atoms with Crippen molar-refractivity contribution >= 4 is 68.0 Å². The summed E-state index contributed by atoms with van der Waals surface area (Å²) >= 11 is 0. The molecule has 1 aliphatic heterocycles. The van der Waals surface area contributed by atoms with Crippen LogP contribution in [0, 0.1) is 0 Å². The SMILES string of the molecule is COC(CN(C)C)Cn1cc(C2=C(c3c[nH]c4ccc(NC(C)=O)cc34)C(=O)NC2=O)c2cc(NC(C)=O)ccc21. The lowest BCUT2D eigenvalue weighted by Crippen LogP contribution is -2.31. The van der Waals surface area contributed by atoms with Gasteiger partial charge in [-0.2, -0.15) is 0 Å². The first-order chi connectivity index (χ1) is 19.5. The normalized spacial score (nSPS) is 14.3. The summed E-state index contributed by atoms with van der Waals surface area (Å²) in [7, 11) is 5.59. The van der Waals surface area contributed by atoms with Crippen LogP contribution in [-0.2, 0) is 30.5 Å². The molecule has 2 aromatic heterocycles. The van der Waals surface area contributed by atoms with Gasteiger partial charge in [0.15, 0.2) is 0 Å². The molecule has 0 bridgehead atoms. The summed E-state index contributed by atoms with van der Waals surface area (Å²) < 4.78 is 7.74. The van der Waals surface area contributed by atoms with Gasteiger partial charge in [-0.25, -0.2) is 0 Å². The maximum atomic E-state index is 13.4. The van der Waals surface area contributed by atoms with Gasteiger partial charge in [-0.05, 0) is 50.5 Å². The topological polar surface area (TPSA) is 138 Å². The molecule has 3 heterocycles. The fraction of sp³-hybridized carbons (Fsp3) is 0.267. The number of nitrogens with zero attached hydrogens (tertiary/aromatic N) is 2. The van der Waals surface area contributed by atoms with Gasteiger partial charge in [-0.1, -0.05) is 0 Å². The molecular formula is C30H32N6O5. The summed E-state index contributed by atoms with van der Waals surface area (Å²) in [5.41, 5.74) is 4.24. The number of amides is 4. The molecule has 0 saturated carbocycles. The van der Waals surface area contributed by atoms with Crippen LogP contribution in [0.15, 0.2) is 48.8 Å². The highest BCUT2D eigenvalue weighted by molar-refractivity contribution is 6.50. The van der Waals surface area contributed by atoms with Gasteiger partial charge < -0.3 is 29.8 Å². The number of rotatable bonds is 9. The molecule has 0 saturated heterocycles. The molecule has 1 unspecified atom stereocenters. The van der Waals surface area contributed by atoms with Crippen LogP contribution < -0.4 is 16.0 Å². The molecular weight excluding hydrogens is 524 g/mol. The standard InChI is InChI=1S/C30H32N6O5/c1-16(37)32-18-6-8-25-21(10-18)23(12-31-25)27-28(30(40)34-29(27)39)24-15-36(14-20(41-5)13-35(3)4)26-9-7-19(11-22(24)26)33-17(2)38/h6-12,15,20,31H,13-14H2,1-5H3,(H,32,37)(H,33,38)(H,34,39,40). The number of aromatic amines is 1. The number of aromatic nitrogens is 2. The zero-order valence-electron chi connectivity index (χ0n) is 23.5. The van der Waals surface area contributed by atoms with E-state index in [9.17, 15) is 19.2 Å². The van der Waals surface area contributed by atoms with Crippen molar-refractivity contribution in [3.8, 4) is 0 Å². The van der Waals surface area contributed by atoms with Crippen LogP contribution in [0.5, 0.6) is 0 Å². The second-order valence-corrected chi connectivity index (χ2v) is 10.4. The van der Waals surface area contributed by atoms with E-state index < -0.39 is 11.8 Å². The number of carbonyl (C=O) groups excluding carboxylic acids is 4. The van der Waals surface area contributed by atoms with E-state index in [4.69, 9.17) is 4.74 Å². The summed E-state index contributed by atoms with van der Waals surface area (Å²) in [6.45, 7) is 4.02. The Hall–Kier alpha value is -4.74. The summed E-state index contributed by atoms with van der Waals surface area (Å²) in [6, 6.07) is 10.8. The van der Waals surface area contributed by atoms with Crippen molar-refractivity contribution in [3.63, 3.8) is 0 Å². The number of H-pyrrole nitrogens is 1. The lowest BCUT2D eigenvalue weighted by Gasteiger charge is -2.20. The minimum atomic E-state index is -0.517. The van der Waals surface area contributed by atoms with Crippen molar-refractivity contribution in [1.29, 1.82) is 0 Å². The van der Waals surface area contributed by atoms with Crippen LogP contribution in [0.25, 0.3) is 33.0 Å². The van der Waals surface area contributed by atoms with Crippen LogP contribution in [-0.4, -0.2) is 71.9 Å². The predicted octanol–water partition coefficient (Wildman–Crippen LogP) is 3.18. The van der Waals surface area contributed by atoms with Gasteiger partial charge in [-0.3, -0.25) is 24.5 Å². The van der Waals surface area contributed by atoms with E-state index in [0.717, 1.165) is 11.0 Å². The molecule has 1 aliphatic rings. The van der Waals surface area contributed by atoms with Crippen LogP contribution in [0.1, 0.15) is 25.0 Å². The number of likely N-dealkylation sites (N-methyl/N-ethyl adjacent to an activating group) is 1. The number of methoxy groups -OCH3 is 1. The number of anilines is 2. The van der Waals surface area contributed by atoms with Gasteiger partial charge in [0.1, 0.15) is 0 Å². The minimum Gasteiger partial charge on any atom is -0.378 e. The molecule has 0 fully saturated rings. The number of benzene rings is 2. The number of hydrogen-bond donors (Lipinski definition) is 4. The molecule has 4 N–H and O–H groups in total. The average Bonchev–Trinajstić information content (AvgIpc) is 3.54. The largest absolute Gasteiger partial charge is 0.378 e. The van der Waals surface area contributed by atoms with Crippen molar-refractivity contribution in [3.05, 3.63) is 59.9 Å². The molecule has 41 heavy (non-hydrogen) atoms. The van der Waals surface area contributed by atoms with Gasteiger partial charge in [0.2, 0.25) is 11.8 Å². The third-order valence-corrected chi connectivity index (χ3v) is 6.98. The number of imide groups is 1. The molecule has 1 atom stereocenters. The molecule has 2 aromatic carbocycles. The molecule has 0 radical (unpaired) electrons. The molecule has 4 aromatic rings. The Morgan fingerprint density at radius 2 is 1.54 bits per heavy atom. The highest BCUT2D eigenvalue weighted by Crippen LogP contribution is 2.39. The first-order valence-electron chi connectivity index (χ1n) is 13.1. The number of carbonyl (C=O) groups is 4. The molecule has 212 valence electrons. The van der Waals surface area contributed by atoms with E-state index >= 15 is 0 Å². The zero-order chi connectivity index (χ0) is 29.4. The third kappa shape index (κ3) is 5.49. The Balaban J connectivity index is 1.73. The molecule has 11 heteroatoms. The molecule has 5 rings (SSSR count). The van der Waals surface area contributed by atoms with Crippen LogP contribution in [0.3, 0.4) is 0 Å². The predicted molar refractivity (Wildman–Crippen MR) is 158 cm³/mol. The van der Waals surface area contributed by atoms with Gasteiger partial charge in [0, 0.05) is 84.2 Å². The maximum Gasteiger partial charge on any atom is 0.259 e. The summed E-state index contributed by atoms with van der Waals surface area (Å²) in [6.07, 6.45) is 3.40. The van der Waals surface area contributed by atoms with E-state index in [1.165, 1.54) is 13.8 Å². The van der Waals surface area contributed by atoms with Crippen molar-refractivity contribution in [1.82, 2.24) is 19.8 Å². The Labute approximate surface area is 236 Å². The van der Waals surface area contributed by atoms with Crippen LogP contribution in [0.2, 0.25) is 0 Å². The van der Waals surface area contributed by atoms with Gasteiger partial charge in [0.05, 0.1) is 23.8 Å². The Bertz CT molecular complexity index is 1740. The monoisotopic (exact) mass is 556 g/mol. The second kappa shape index (κ2) is 11.0. The smallest absolute Gasteiger partial charge is 0.259 e. The highest BCUT2D eigenvalue weighted by atomic mass is 16.5. The number of hydrogen-bond acceptors (Lipinski definition) is 6. The van der Waals surface area contributed by atoms with Gasteiger partial charge in [-0.15, -0.1) is 0 Å². The number of ether oxygens (including phenoxy) is 1. The minimum absolute atomic E-state index is 0.142. The fourth-order valence-electron chi connectivity index (χ4n) is 5.34. The van der Waals surface area contributed by atoms with E-state index in [1.54, 1.807) is 43.6 Å². The van der Waals surface area contributed by atoms with E-state index in [0.29, 0.717) is 46.4 Å². The van der Waals surface area contributed by atoms with Crippen molar-refractivity contribution in [2.45, 2.75) is 26.5 Å². The van der Waals surface area contributed by atoms with Gasteiger partial charge >= 0.3 is 0 Å². The zero-order valence-corrected chi connectivity index (χ0v) is 23.5. The summed E-state index contributed by atoms with van der Waals surface area (Å²) in [5.74, 6) is -1.48. The molecule has 11 nitrogen and oxygen atoms in total. The van der Waals surface area contributed by atoms with Crippen LogP contribution in [0.4, 0.5) is 11.4 Å². The molecule has 0 spiro atoms. The quantitative estimate of drug-likeness (QED) is 0.234. The number of fused-ring (bicyclic) bond motifs is 2. The summed E-state index contributed by atoms with van der Waals surface area (Å²) in [5, 5.41) is 9.42.